The fourth-order valence-corrected chi connectivity index (χ4v) is 2.74. The molecule has 0 radical (unpaired) electrons. The maximum atomic E-state index is 12.6. The zero-order valence-corrected chi connectivity index (χ0v) is 14.6. The molecule has 1 atom stereocenters. The lowest BCUT2D eigenvalue weighted by molar-refractivity contribution is -0.137. The molecule has 0 unspecified atom stereocenters. The Morgan fingerprint density at radius 2 is 1.67 bits per heavy atom. The van der Waals surface area contributed by atoms with Crippen molar-refractivity contribution in [2.75, 3.05) is 5.32 Å². The van der Waals surface area contributed by atoms with E-state index in [0.29, 0.717) is 12.2 Å². The Hall–Kier alpha value is -3.02. The average Bonchev–Trinajstić information content (AvgIpc) is 2.65. The number of amides is 1. The number of fused-ring (bicyclic) bond motifs is 1. The van der Waals surface area contributed by atoms with E-state index in [4.69, 9.17) is 4.74 Å². The predicted molar refractivity (Wildman–Crippen MR) is 98.7 cm³/mol. The highest BCUT2D eigenvalue weighted by Gasteiger charge is 2.30. The van der Waals surface area contributed by atoms with Gasteiger partial charge >= 0.3 is 6.18 Å². The van der Waals surface area contributed by atoms with Crippen LogP contribution in [0, 0.1) is 0 Å². The third-order valence-corrected chi connectivity index (χ3v) is 4.16. The molecule has 1 N–H and O–H groups in total. The number of carbonyl (C=O) groups excluding carboxylic acids is 1. The van der Waals surface area contributed by atoms with Crippen molar-refractivity contribution in [3.05, 3.63) is 72.3 Å². The van der Waals surface area contributed by atoms with Gasteiger partial charge in [-0.2, -0.15) is 13.2 Å². The van der Waals surface area contributed by atoms with Crippen LogP contribution in [0.2, 0.25) is 0 Å². The van der Waals surface area contributed by atoms with Crippen LogP contribution >= 0.6 is 0 Å². The summed E-state index contributed by atoms with van der Waals surface area (Å²) < 4.78 is 43.8. The first-order chi connectivity index (χ1) is 12.9. The molecule has 0 aliphatic carbocycles. The first kappa shape index (κ1) is 18.8. The Balaban J connectivity index is 1.74. The number of hydrogen-bond donors (Lipinski definition) is 1. The fourth-order valence-electron chi connectivity index (χ4n) is 2.74. The van der Waals surface area contributed by atoms with Crippen LogP contribution in [0.15, 0.2) is 66.7 Å². The van der Waals surface area contributed by atoms with E-state index in [9.17, 15) is 18.0 Å². The molecule has 0 saturated carbocycles. The van der Waals surface area contributed by atoms with E-state index in [1.165, 1.54) is 12.1 Å². The highest BCUT2D eigenvalue weighted by molar-refractivity contribution is 5.95. The number of alkyl halides is 3. The highest BCUT2D eigenvalue weighted by atomic mass is 19.4. The molecule has 3 aromatic carbocycles. The average molecular weight is 373 g/mol. The van der Waals surface area contributed by atoms with Gasteiger partial charge in [0.1, 0.15) is 5.75 Å². The first-order valence-corrected chi connectivity index (χ1v) is 8.51. The van der Waals surface area contributed by atoms with Gasteiger partial charge in [-0.15, -0.1) is 0 Å². The summed E-state index contributed by atoms with van der Waals surface area (Å²) in [4.78, 5) is 12.5. The zero-order chi connectivity index (χ0) is 19.4. The summed E-state index contributed by atoms with van der Waals surface area (Å²) in [6.07, 6.45) is -4.76. The van der Waals surface area contributed by atoms with Gasteiger partial charge in [-0.05, 0) is 42.1 Å². The number of hydrogen-bond acceptors (Lipinski definition) is 2. The molecule has 0 saturated heterocycles. The van der Waals surface area contributed by atoms with Crippen LogP contribution in [0.25, 0.3) is 10.8 Å². The summed E-state index contributed by atoms with van der Waals surface area (Å²) in [5.41, 5.74) is -0.479. The second kappa shape index (κ2) is 7.70. The summed E-state index contributed by atoms with van der Waals surface area (Å²) in [6, 6.07) is 17.6. The van der Waals surface area contributed by atoms with Crippen LogP contribution < -0.4 is 10.1 Å². The minimum atomic E-state index is -4.41. The van der Waals surface area contributed by atoms with Crippen molar-refractivity contribution in [3.63, 3.8) is 0 Å². The minimum absolute atomic E-state index is 0.285. The fraction of sp³-hybridized carbons (Fsp3) is 0.190. The lowest BCUT2D eigenvalue weighted by Crippen LogP contribution is -2.32. The van der Waals surface area contributed by atoms with Gasteiger partial charge in [0, 0.05) is 11.1 Å². The summed E-state index contributed by atoms with van der Waals surface area (Å²) in [5.74, 6) is 0.174. The molecule has 140 valence electrons. The number of anilines is 1. The molecule has 0 aromatic heterocycles. The van der Waals surface area contributed by atoms with Crippen molar-refractivity contribution in [2.24, 2.45) is 0 Å². The highest BCUT2D eigenvalue weighted by Crippen LogP contribution is 2.30. The largest absolute Gasteiger partial charge is 0.480 e. The normalized spacial score (nSPS) is 12.6. The standard InChI is InChI=1S/C21H18F3NO2/c1-2-18(27-19-9-5-7-14-6-3-4-8-17(14)19)20(26)25-16-12-10-15(11-13-16)21(22,23)24/h3-13,18H,2H2,1H3,(H,25,26)/t18-/m0/s1. The Bertz CT molecular complexity index is 931. The number of benzene rings is 3. The molecule has 3 nitrogen and oxygen atoms in total. The molecule has 3 rings (SSSR count). The monoisotopic (exact) mass is 373 g/mol. The van der Waals surface area contributed by atoms with Crippen LogP contribution in [0.4, 0.5) is 18.9 Å². The third kappa shape index (κ3) is 4.39. The number of rotatable bonds is 5. The van der Waals surface area contributed by atoms with E-state index in [1.807, 2.05) is 43.3 Å². The third-order valence-electron chi connectivity index (χ3n) is 4.16. The lowest BCUT2D eigenvalue weighted by atomic mass is 10.1. The Labute approximate surface area is 154 Å². The molecular formula is C21H18F3NO2. The van der Waals surface area contributed by atoms with E-state index in [0.717, 1.165) is 22.9 Å². The number of carbonyl (C=O) groups is 1. The van der Waals surface area contributed by atoms with Crippen molar-refractivity contribution in [2.45, 2.75) is 25.6 Å². The summed E-state index contributed by atoms with van der Waals surface area (Å²) in [5, 5.41) is 4.49. The molecule has 1 amide bonds. The van der Waals surface area contributed by atoms with Crippen molar-refractivity contribution < 1.29 is 22.7 Å². The predicted octanol–water partition coefficient (Wildman–Crippen LogP) is 5.65. The van der Waals surface area contributed by atoms with Gasteiger partial charge < -0.3 is 10.1 Å². The summed E-state index contributed by atoms with van der Waals surface area (Å²) in [6.45, 7) is 1.81. The molecule has 0 bridgehead atoms. The molecule has 0 aliphatic rings. The second-order valence-corrected chi connectivity index (χ2v) is 6.06. The molecule has 0 aliphatic heterocycles. The SMILES string of the molecule is CC[C@H](Oc1cccc2ccccc12)C(=O)Nc1ccc(C(F)(F)F)cc1. The van der Waals surface area contributed by atoms with E-state index in [1.54, 1.807) is 6.07 Å². The molecule has 0 spiro atoms. The second-order valence-electron chi connectivity index (χ2n) is 6.06. The van der Waals surface area contributed by atoms with Gasteiger partial charge in [0.2, 0.25) is 0 Å². The molecule has 3 aromatic rings. The van der Waals surface area contributed by atoms with E-state index < -0.39 is 23.8 Å². The van der Waals surface area contributed by atoms with Crippen molar-refractivity contribution >= 4 is 22.4 Å². The van der Waals surface area contributed by atoms with Crippen LogP contribution in [0.3, 0.4) is 0 Å². The number of ether oxygens (including phenoxy) is 1. The molecule has 0 fully saturated rings. The number of halogens is 3. The topological polar surface area (TPSA) is 38.3 Å². The van der Waals surface area contributed by atoms with Gasteiger partial charge in [0.05, 0.1) is 5.56 Å². The number of nitrogens with one attached hydrogen (secondary N) is 1. The van der Waals surface area contributed by atoms with Gasteiger partial charge in [-0.25, -0.2) is 0 Å². The maximum Gasteiger partial charge on any atom is 0.416 e. The van der Waals surface area contributed by atoms with Crippen molar-refractivity contribution in [1.82, 2.24) is 0 Å². The van der Waals surface area contributed by atoms with E-state index >= 15 is 0 Å². The van der Waals surface area contributed by atoms with Crippen molar-refractivity contribution in [1.29, 1.82) is 0 Å². The lowest BCUT2D eigenvalue weighted by Gasteiger charge is -2.19. The van der Waals surface area contributed by atoms with Crippen LogP contribution in [-0.4, -0.2) is 12.0 Å². The van der Waals surface area contributed by atoms with Crippen LogP contribution in [0.1, 0.15) is 18.9 Å². The maximum absolute atomic E-state index is 12.6. The van der Waals surface area contributed by atoms with Gasteiger partial charge in [0.15, 0.2) is 6.10 Å². The smallest absolute Gasteiger partial charge is 0.416 e. The van der Waals surface area contributed by atoms with Gasteiger partial charge in [-0.1, -0.05) is 43.3 Å². The zero-order valence-electron chi connectivity index (χ0n) is 14.6. The molecule has 0 heterocycles. The summed E-state index contributed by atoms with van der Waals surface area (Å²) in [7, 11) is 0. The van der Waals surface area contributed by atoms with Gasteiger partial charge in [0.25, 0.3) is 5.91 Å². The van der Waals surface area contributed by atoms with Gasteiger partial charge in [-0.3, -0.25) is 4.79 Å². The minimum Gasteiger partial charge on any atom is -0.480 e. The van der Waals surface area contributed by atoms with E-state index in [-0.39, 0.29) is 5.69 Å². The molecule has 27 heavy (non-hydrogen) atoms. The first-order valence-electron chi connectivity index (χ1n) is 8.51. The quantitative estimate of drug-likeness (QED) is 0.627. The molecular weight excluding hydrogens is 355 g/mol. The van der Waals surface area contributed by atoms with E-state index in [2.05, 4.69) is 5.32 Å². The summed E-state index contributed by atoms with van der Waals surface area (Å²) >= 11 is 0. The van der Waals surface area contributed by atoms with Crippen LogP contribution in [0.5, 0.6) is 5.75 Å². The Kier molecular flexibility index (Phi) is 5.35. The Morgan fingerprint density at radius 1 is 1.00 bits per heavy atom. The van der Waals surface area contributed by atoms with Crippen molar-refractivity contribution in [3.8, 4) is 5.75 Å². The molecule has 6 heteroatoms. The Morgan fingerprint density at radius 3 is 2.33 bits per heavy atom. The van der Waals surface area contributed by atoms with Crippen LogP contribution in [-0.2, 0) is 11.0 Å².